The maximum absolute atomic E-state index is 11.9. The number of hydrogen-bond donors (Lipinski definition) is 2. The van der Waals surface area contributed by atoms with E-state index >= 15 is 0 Å². The molecule has 1 atom stereocenters. The van der Waals surface area contributed by atoms with Gasteiger partial charge in [0.15, 0.2) is 0 Å². The second kappa shape index (κ2) is 5.95. The molecular formula is C10H14N2O6S. The lowest BCUT2D eigenvalue weighted by Crippen LogP contribution is -2.30. The average Bonchev–Trinajstić information content (AvgIpc) is 2.35. The molecule has 0 saturated carbocycles. The normalized spacial score (nSPS) is 13.0. The summed E-state index contributed by atoms with van der Waals surface area (Å²) in [7, 11) is -2.68. The molecule has 0 fully saturated rings. The predicted octanol–water partition coefficient (Wildman–Crippen LogP) is 0.263. The summed E-state index contributed by atoms with van der Waals surface area (Å²) < 4.78 is 30.9. The van der Waals surface area contributed by atoms with Gasteiger partial charge in [0.2, 0.25) is 10.0 Å². The van der Waals surface area contributed by atoms with E-state index in [0.717, 1.165) is 18.2 Å². The van der Waals surface area contributed by atoms with E-state index in [2.05, 4.69) is 4.72 Å². The predicted molar refractivity (Wildman–Crippen MR) is 66.5 cm³/mol. The zero-order chi connectivity index (χ0) is 14.6. The Kier molecular flexibility index (Phi) is 4.81. The minimum atomic E-state index is -3.90. The maximum atomic E-state index is 11.9. The van der Waals surface area contributed by atoms with E-state index in [1.165, 1.54) is 14.0 Å². The minimum Gasteiger partial charge on any atom is -0.495 e. The van der Waals surface area contributed by atoms with E-state index in [4.69, 9.17) is 9.84 Å². The molecule has 2 N–H and O–H groups in total. The number of rotatable bonds is 6. The van der Waals surface area contributed by atoms with E-state index in [-0.39, 0.29) is 22.9 Å². The SMILES string of the molecule is COc1cc([N+](=O)[O-])ccc1S(=O)(=O)NC[C@H](C)O. The van der Waals surface area contributed by atoms with Crippen molar-refractivity contribution in [3.05, 3.63) is 28.3 Å². The van der Waals surface area contributed by atoms with Crippen LogP contribution in [0.15, 0.2) is 23.1 Å². The van der Waals surface area contributed by atoms with Crippen molar-refractivity contribution in [3.8, 4) is 5.75 Å². The lowest BCUT2D eigenvalue weighted by molar-refractivity contribution is -0.385. The smallest absolute Gasteiger partial charge is 0.273 e. The van der Waals surface area contributed by atoms with Crippen molar-refractivity contribution in [1.82, 2.24) is 4.72 Å². The molecule has 1 aromatic carbocycles. The summed E-state index contributed by atoms with van der Waals surface area (Å²) in [5.41, 5.74) is -0.272. The molecule has 1 rings (SSSR count). The van der Waals surface area contributed by atoms with Gasteiger partial charge in [-0.3, -0.25) is 10.1 Å². The molecule has 106 valence electrons. The number of methoxy groups -OCH3 is 1. The van der Waals surface area contributed by atoms with Crippen LogP contribution in [0.3, 0.4) is 0 Å². The highest BCUT2D eigenvalue weighted by molar-refractivity contribution is 7.89. The summed E-state index contributed by atoms with van der Waals surface area (Å²) in [5.74, 6) is -0.132. The maximum Gasteiger partial charge on any atom is 0.273 e. The van der Waals surface area contributed by atoms with E-state index in [0.29, 0.717) is 0 Å². The first-order valence-corrected chi connectivity index (χ1v) is 6.76. The lowest BCUT2D eigenvalue weighted by atomic mass is 10.3. The number of aliphatic hydroxyl groups is 1. The van der Waals surface area contributed by atoms with Gasteiger partial charge in [-0.15, -0.1) is 0 Å². The molecule has 0 amide bonds. The van der Waals surface area contributed by atoms with Crippen molar-refractivity contribution in [2.75, 3.05) is 13.7 Å². The van der Waals surface area contributed by atoms with Crippen LogP contribution in [0.2, 0.25) is 0 Å². The van der Waals surface area contributed by atoms with Crippen molar-refractivity contribution in [1.29, 1.82) is 0 Å². The van der Waals surface area contributed by atoms with E-state index < -0.39 is 21.1 Å². The van der Waals surface area contributed by atoms with Gasteiger partial charge in [-0.05, 0) is 13.0 Å². The van der Waals surface area contributed by atoms with Crippen molar-refractivity contribution in [2.24, 2.45) is 0 Å². The largest absolute Gasteiger partial charge is 0.495 e. The Bertz CT molecular complexity index is 569. The van der Waals surface area contributed by atoms with Gasteiger partial charge >= 0.3 is 0 Å². The van der Waals surface area contributed by atoms with Gasteiger partial charge in [0.25, 0.3) is 5.69 Å². The molecule has 0 spiro atoms. The van der Waals surface area contributed by atoms with Crippen LogP contribution >= 0.6 is 0 Å². The van der Waals surface area contributed by atoms with Gasteiger partial charge in [-0.2, -0.15) is 0 Å². The number of nitro benzene ring substituents is 1. The first-order valence-electron chi connectivity index (χ1n) is 5.28. The van der Waals surface area contributed by atoms with Crippen LogP contribution in [0.1, 0.15) is 6.92 Å². The number of non-ortho nitro benzene ring substituents is 1. The van der Waals surface area contributed by atoms with E-state index in [1.54, 1.807) is 0 Å². The lowest BCUT2D eigenvalue weighted by Gasteiger charge is -2.11. The molecule has 0 bridgehead atoms. The van der Waals surface area contributed by atoms with Crippen LogP contribution in [0, 0.1) is 10.1 Å². The fourth-order valence-electron chi connectivity index (χ4n) is 1.30. The fraction of sp³-hybridized carbons (Fsp3) is 0.400. The minimum absolute atomic E-state index is 0.132. The monoisotopic (exact) mass is 290 g/mol. The Morgan fingerprint density at radius 1 is 1.53 bits per heavy atom. The molecule has 0 heterocycles. The number of nitrogens with one attached hydrogen (secondary N) is 1. The zero-order valence-corrected chi connectivity index (χ0v) is 11.2. The van der Waals surface area contributed by atoms with Crippen LogP contribution in [0.4, 0.5) is 5.69 Å². The summed E-state index contributed by atoms with van der Waals surface area (Å²) >= 11 is 0. The highest BCUT2D eigenvalue weighted by Crippen LogP contribution is 2.28. The zero-order valence-electron chi connectivity index (χ0n) is 10.4. The van der Waals surface area contributed by atoms with Crippen molar-refractivity contribution in [3.63, 3.8) is 0 Å². The number of benzene rings is 1. The summed E-state index contributed by atoms with van der Waals surface area (Å²) in [5, 5.41) is 19.7. The molecule has 0 unspecified atom stereocenters. The van der Waals surface area contributed by atoms with Crippen molar-refractivity contribution >= 4 is 15.7 Å². The molecule has 0 aliphatic heterocycles. The first kappa shape index (κ1) is 15.3. The Hall–Kier alpha value is -1.71. The number of hydrogen-bond acceptors (Lipinski definition) is 6. The van der Waals surface area contributed by atoms with Crippen molar-refractivity contribution < 1.29 is 23.2 Å². The van der Waals surface area contributed by atoms with Gasteiger partial charge < -0.3 is 9.84 Å². The Labute approximate surface area is 110 Å². The molecule has 9 heteroatoms. The summed E-state index contributed by atoms with van der Waals surface area (Å²) in [6.45, 7) is 1.26. The van der Waals surface area contributed by atoms with E-state index in [1.807, 2.05) is 0 Å². The molecule has 8 nitrogen and oxygen atoms in total. The third-order valence-electron chi connectivity index (χ3n) is 2.22. The topological polar surface area (TPSA) is 119 Å². The fourth-order valence-corrected chi connectivity index (χ4v) is 2.57. The van der Waals surface area contributed by atoms with E-state index in [9.17, 15) is 18.5 Å². The van der Waals surface area contributed by atoms with Gasteiger partial charge in [-0.25, -0.2) is 13.1 Å². The van der Waals surface area contributed by atoms with Gasteiger partial charge in [0, 0.05) is 12.6 Å². The van der Waals surface area contributed by atoms with Crippen molar-refractivity contribution in [2.45, 2.75) is 17.9 Å². The Morgan fingerprint density at radius 2 is 2.16 bits per heavy atom. The van der Waals surface area contributed by atoms with Gasteiger partial charge in [0.1, 0.15) is 10.6 Å². The summed E-state index contributed by atoms with van der Waals surface area (Å²) in [6.07, 6.45) is -0.848. The molecule has 0 aromatic heterocycles. The van der Waals surface area contributed by atoms with Crippen LogP contribution in [-0.4, -0.2) is 38.2 Å². The number of sulfonamides is 1. The number of aliphatic hydroxyl groups excluding tert-OH is 1. The highest BCUT2D eigenvalue weighted by atomic mass is 32.2. The molecule has 0 radical (unpaired) electrons. The quantitative estimate of drug-likeness (QED) is 0.573. The van der Waals surface area contributed by atoms with Crippen LogP contribution in [-0.2, 0) is 10.0 Å². The van der Waals surface area contributed by atoms with Crippen LogP contribution in [0.25, 0.3) is 0 Å². The van der Waals surface area contributed by atoms with Gasteiger partial charge in [0.05, 0.1) is 24.2 Å². The second-order valence-corrected chi connectivity index (χ2v) is 5.53. The Balaban J connectivity index is 3.16. The number of nitrogens with zero attached hydrogens (tertiary/aromatic N) is 1. The molecule has 1 aromatic rings. The standard InChI is InChI=1S/C10H14N2O6S/c1-7(13)6-11-19(16,17)10-4-3-8(12(14)15)5-9(10)18-2/h3-5,7,11,13H,6H2,1-2H3/t7-/m0/s1. The third-order valence-corrected chi connectivity index (χ3v) is 3.68. The third kappa shape index (κ3) is 3.88. The molecule has 0 saturated heterocycles. The second-order valence-electron chi connectivity index (χ2n) is 3.79. The van der Waals surface area contributed by atoms with Crippen LogP contribution < -0.4 is 9.46 Å². The number of ether oxygens (including phenoxy) is 1. The molecular weight excluding hydrogens is 276 g/mol. The Morgan fingerprint density at radius 3 is 2.63 bits per heavy atom. The molecule has 0 aliphatic carbocycles. The number of nitro groups is 1. The highest BCUT2D eigenvalue weighted by Gasteiger charge is 2.22. The summed E-state index contributed by atoms with van der Waals surface area (Å²) in [6, 6.07) is 3.18. The summed E-state index contributed by atoms with van der Waals surface area (Å²) in [4.78, 5) is 9.73. The van der Waals surface area contributed by atoms with Crippen LogP contribution in [0.5, 0.6) is 5.75 Å². The van der Waals surface area contributed by atoms with Gasteiger partial charge in [-0.1, -0.05) is 0 Å². The average molecular weight is 290 g/mol. The molecule has 19 heavy (non-hydrogen) atoms. The molecule has 0 aliphatic rings. The first-order chi connectivity index (χ1) is 8.77.